The molecule has 2 rings (SSSR count). The summed E-state index contributed by atoms with van der Waals surface area (Å²) in [6, 6.07) is 9.16. The van der Waals surface area contributed by atoms with Crippen LogP contribution in [0.15, 0.2) is 30.3 Å². The van der Waals surface area contributed by atoms with Gasteiger partial charge in [-0.15, -0.1) is 0 Å². The summed E-state index contributed by atoms with van der Waals surface area (Å²) in [6.07, 6.45) is 0. The number of nitrogens with zero attached hydrogens (tertiary/aromatic N) is 1. The first-order chi connectivity index (χ1) is 10.4. The number of amides is 2. The van der Waals surface area contributed by atoms with Crippen molar-refractivity contribution in [3.63, 3.8) is 0 Å². The molecule has 0 aromatic heterocycles. The highest BCUT2D eigenvalue weighted by atomic mass is 16.3. The third-order valence-corrected chi connectivity index (χ3v) is 4.22. The van der Waals surface area contributed by atoms with E-state index in [2.05, 4.69) is 5.32 Å². The van der Waals surface area contributed by atoms with Crippen LogP contribution < -0.4 is 10.2 Å². The molecule has 1 heterocycles. The molecule has 0 aliphatic carbocycles. The molecule has 0 spiro atoms. The zero-order chi connectivity index (χ0) is 16.3. The largest absolute Gasteiger partial charge is 0.395 e. The summed E-state index contributed by atoms with van der Waals surface area (Å²) in [7, 11) is 0. The maximum Gasteiger partial charge on any atom is 0.240 e. The SMILES string of the molecule is CC(C)(C)[C@@H]1CNC(=O)[C@@H]1C(=O)N(CCO)c1ccccc1. The Labute approximate surface area is 131 Å². The van der Waals surface area contributed by atoms with Crippen LogP contribution in [-0.4, -0.2) is 36.6 Å². The van der Waals surface area contributed by atoms with Crippen LogP contribution in [0.25, 0.3) is 0 Å². The molecule has 1 fully saturated rings. The van der Waals surface area contributed by atoms with Crippen molar-refractivity contribution >= 4 is 17.5 Å². The Morgan fingerprint density at radius 1 is 1.32 bits per heavy atom. The van der Waals surface area contributed by atoms with Gasteiger partial charge in [-0.2, -0.15) is 0 Å². The Bertz CT molecular complexity index is 537. The second-order valence-corrected chi connectivity index (χ2v) is 6.74. The van der Waals surface area contributed by atoms with Gasteiger partial charge in [-0.05, 0) is 17.5 Å². The number of hydrogen-bond donors (Lipinski definition) is 2. The molecule has 0 saturated carbocycles. The van der Waals surface area contributed by atoms with Gasteiger partial charge in [-0.1, -0.05) is 39.0 Å². The number of carbonyl (C=O) groups excluding carboxylic acids is 2. The zero-order valence-electron chi connectivity index (χ0n) is 13.4. The van der Waals surface area contributed by atoms with Crippen molar-refractivity contribution in [3.05, 3.63) is 30.3 Å². The Balaban J connectivity index is 2.31. The first-order valence-corrected chi connectivity index (χ1v) is 7.61. The topological polar surface area (TPSA) is 69.6 Å². The molecule has 0 bridgehead atoms. The fourth-order valence-corrected chi connectivity index (χ4v) is 2.95. The molecule has 5 nitrogen and oxygen atoms in total. The number of aliphatic hydroxyl groups is 1. The van der Waals surface area contributed by atoms with Crippen LogP contribution in [-0.2, 0) is 9.59 Å². The quantitative estimate of drug-likeness (QED) is 0.827. The van der Waals surface area contributed by atoms with Crippen LogP contribution in [0.5, 0.6) is 0 Å². The van der Waals surface area contributed by atoms with Crippen LogP contribution in [0.3, 0.4) is 0 Å². The minimum absolute atomic E-state index is 0.0580. The lowest BCUT2D eigenvalue weighted by atomic mass is 9.74. The number of nitrogens with one attached hydrogen (secondary N) is 1. The average Bonchev–Trinajstić information content (AvgIpc) is 2.87. The monoisotopic (exact) mass is 304 g/mol. The molecule has 0 radical (unpaired) electrons. The van der Waals surface area contributed by atoms with Crippen LogP contribution in [0.2, 0.25) is 0 Å². The Kier molecular flexibility index (Phi) is 4.86. The summed E-state index contributed by atoms with van der Waals surface area (Å²) < 4.78 is 0. The van der Waals surface area contributed by atoms with E-state index in [-0.39, 0.29) is 36.3 Å². The van der Waals surface area contributed by atoms with Gasteiger partial charge in [0.25, 0.3) is 0 Å². The van der Waals surface area contributed by atoms with Crippen molar-refractivity contribution in [1.29, 1.82) is 0 Å². The zero-order valence-corrected chi connectivity index (χ0v) is 13.4. The lowest BCUT2D eigenvalue weighted by molar-refractivity contribution is -0.133. The Morgan fingerprint density at radius 3 is 2.50 bits per heavy atom. The fourth-order valence-electron chi connectivity index (χ4n) is 2.95. The van der Waals surface area contributed by atoms with Crippen LogP contribution in [0.1, 0.15) is 20.8 Å². The summed E-state index contributed by atoms with van der Waals surface area (Å²) >= 11 is 0. The smallest absolute Gasteiger partial charge is 0.240 e. The minimum atomic E-state index is -0.702. The molecular weight excluding hydrogens is 280 g/mol. The third-order valence-electron chi connectivity index (χ3n) is 4.22. The van der Waals surface area contributed by atoms with Gasteiger partial charge in [-0.25, -0.2) is 0 Å². The molecule has 1 aromatic carbocycles. The average molecular weight is 304 g/mol. The Hall–Kier alpha value is -1.88. The molecule has 2 N–H and O–H groups in total. The van der Waals surface area contributed by atoms with Crippen LogP contribution in [0, 0.1) is 17.3 Å². The van der Waals surface area contributed by atoms with E-state index in [1.807, 2.05) is 51.1 Å². The van der Waals surface area contributed by atoms with Crippen molar-refractivity contribution in [3.8, 4) is 0 Å². The number of hydrogen-bond acceptors (Lipinski definition) is 3. The van der Waals surface area contributed by atoms with E-state index in [0.29, 0.717) is 12.2 Å². The standard InChI is InChI=1S/C17H24N2O3/c1-17(2,3)13-11-18-15(21)14(13)16(22)19(9-10-20)12-7-5-4-6-8-12/h4-8,13-14,20H,9-11H2,1-3H3,(H,18,21)/t13-,14-/m1/s1. The fraction of sp³-hybridized carbons (Fsp3) is 0.529. The molecule has 5 heteroatoms. The van der Waals surface area contributed by atoms with Crippen molar-refractivity contribution < 1.29 is 14.7 Å². The first kappa shape index (κ1) is 16.5. The van der Waals surface area contributed by atoms with E-state index in [4.69, 9.17) is 0 Å². The van der Waals surface area contributed by atoms with Crippen molar-refractivity contribution in [1.82, 2.24) is 5.32 Å². The summed E-state index contributed by atoms with van der Waals surface area (Å²) in [6.45, 7) is 6.67. The lowest BCUT2D eigenvalue weighted by Crippen LogP contribution is -2.45. The van der Waals surface area contributed by atoms with E-state index < -0.39 is 5.92 Å². The maximum atomic E-state index is 13.0. The second kappa shape index (κ2) is 6.48. The van der Waals surface area contributed by atoms with E-state index in [0.717, 1.165) is 0 Å². The number of benzene rings is 1. The van der Waals surface area contributed by atoms with Gasteiger partial charge in [0.15, 0.2) is 0 Å². The van der Waals surface area contributed by atoms with Gasteiger partial charge < -0.3 is 15.3 Å². The van der Waals surface area contributed by atoms with E-state index >= 15 is 0 Å². The predicted molar refractivity (Wildman–Crippen MR) is 85.3 cm³/mol. The second-order valence-electron chi connectivity index (χ2n) is 6.74. The van der Waals surface area contributed by atoms with Gasteiger partial charge in [0, 0.05) is 24.7 Å². The molecule has 0 unspecified atom stereocenters. The van der Waals surface area contributed by atoms with Gasteiger partial charge >= 0.3 is 0 Å². The maximum absolute atomic E-state index is 13.0. The van der Waals surface area contributed by atoms with E-state index in [1.54, 1.807) is 0 Å². The summed E-state index contributed by atoms with van der Waals surface area (Å²) in [4.78, 5) is 26.7. The molecule has 22 heavy (non-hydrogen) atoms. The number of carbonyl (C=O) groups is 2. The molecule has 1 aromatic rings. The highest BCUT2D eigenvalue weighted by molar-refractivity contribution is 6.09. The Morgan fingerprint density at radius 2 is 1.95 bits per heavy atom. The predicted octanol–water partition coefficient (Wildman–Crippen LogP) is 1.42. The molecule has 2 amide bonds. The van der Waals surface area contributed by atoms with Gasteiger partial charge in [0.05, 0.1) is 6.61 Å². The summed E-state index contributed by atoms with van der Waals surface area (Å²) in [5.41, 5.74) is 0.551. The van der Waals surface area contributed by atoms with Crippen LogP contribution in [0.4, 0.5) is 5.69 Å². The molecule has 2 atom stereocenters. The van der Waals surface area contributed by atoms with Crippen molar-refractivity contribution in [2.75, 3.05) is 24.6 Å². The van der Waals surface area contributed by atoms with Gasteiger partial charge in [0.2, 0.25) is 11.8 Å². The summed E-state index contributed by atoms with van der Waals surface area (Å²) in [5, 5.41) is 12.1. The van der Waals surface area contributed by atoms with E-state index in [1.165, 1.54) is 4.90 Å². The number of aliphatic hydroxyl groups excluding tert-OH is 1. The molecule has 1 saturated heterocycles. The highest BCUT2D eigenvalue weighted by Crippen LogP contribution is 2.36. The molecule has 1 aliphatic rings. The lowest BCUT2D eigenvalue weighted by Gasteiger charge is -2.32. The van der Waals surface area contributed by atoms with Gasteiger partial charge in [-0.3, -0.25) is 9.59 Å². The first-order valence-electron chi connectivity index (χ1n) is 7.61. The van der Waals surface area contributed by atoms with Crippen molar-refractivity contribution in [2.45, 2.75) is 20.8 Å². The number of rotatable bonds is 4. The summed E-state index contributed by atoms with van der Waals surface area (Å²) in [5.74, 6) is -1.22. The molecule has 120 valence electrons. The van der Waals surface area contributed by atoms with Gasteiger partial charge in [0.1, 0.15) is 5.92 Å². The number of anilines is 1. The number of para-hydroxylation sites is 1. The molecule has 1 aliphatic heterocycles. The molecular formula is C17H24N2O3. The van der Waals surface area contributed by atoms with Crippen molar-refractivity contribution in [2.24, 2.45) is 17.3 Å². The minimum Gasteiger partial charge on any atom is -0.395 e. The van der Waals surface area contributed by atoms with E-state index in [9.17, 15) is 14.7 Å². The normalized spacial score (nSPS) is 21.5. The van der Waals surface area contributed by atoms with Crippen LogP contribution >= 0.6 is 0 Å². The highest BCUT2D eigenvalue weighted by Gasteiger charge is 2.47. The third kappa shape index (κ3) is 3.30.